The number of nitrogens with zero attached hydrogens (tertiary/aromatic N) is 2. The highest BCUT2D eigenvalue weighted by Gasteiger charge is 2.18. The normalized spacial score (nSPS) is 9.69. The van der Waals surface area contributed by atoms with Crippen LogP contribution >= 0.6 is 15.9 Å². The molecule has 0 aromatic carbocycles. The van der Waals surface area contributed by atoms with E-state index >= 15 is 0 Å². The Morgan fingerprint density at radius 1 is 1.56 bits per heavy atom. The van der Waals surface area contributed by atoms with Crippen molar-refractivity contribution in [3.63, 3.8) is 0 Å². The average molecular weight is 287 g/mol. The number of halogens is 1. The molecule has 1 aromatic heterocycles. The molecule has 0 atom stereocenters. The zero-order chi connectivity index (χ0) is 12.1. The Bertz CT molecular complexity index is 409. The topological polar surface area (TPSA) is 59.5 Å². The van der Waals surface area contributed by atoms with Crippen LogP contribution in [0, 0.1) is 0 Å². The van der Waals surface area contributed by atoms with Gasteiger partial charge in [-0.05, 0) is 28.1 Å². The molecule has 16 heavy (non-hydrogen) atoms. The van der Waals surface area contributed by atoms with Crippen LogP contribution in [-0.2, 0) is 9.53 Å². The Morgan fingerprint density at radius 2 is 2.25 bits per heavy atom. The molecular formula is C10H11BrN2O3. The molecular weight excluding hydrogens is 276 g/mol. The Morgan fingerprint density at radius 3 is 2.81 bits per heavy atom. The molecule has 1 rings (SSSR count). The first-order valence-electron chi connectivity index (χ1n) is 4.49. The molecule has 86 valence electrons. The summed E-state index contributed by atoms with van der Waals surface area (Å²) in [5.41, 5.74) is 0.272. The van der Waals surface area contributed by atoms with Gasteiger partial charge >= 0.3 is 5.97 Å². The van der Waals surface area contributed by atoms with Crippen molar-refractivity contribution in [2.45, 2.75) is 0 Å². The lowest BCUT2D eigenvalue weighted by atomic mass is 10.3. The number of carbonyl (C=O) groups is 2. The van der Waals surface area contributed by atoms with E-state index < -0.39 is 5.97 Å². The van der Waals surface area contributed by atoms with E-state index in [1.165, 1.54) is 25.3 Å². The Hall–Kier alpha value is -1.43. The van der Waals surface area contributed by atoms with Gasteiger partial charge in [-0.1, -0.05) is 0 Å². The van der Waals surface area contributed by atoms with E-state index in [2.05, 4.69) is 25.7 Å². The molecule has 0 spiro atoms. The number of rotatable bonds is 3. The number of aromatic nitrogens is 1. The molecule has 1 heterocycles. The lowest BCUT2D eigenvalue weighted by molar-refractivity contribution is -0.141. The van der Waals surface area contributed by atoms with Crippen LogP contribution in [-0.4, -0.2) is 42.5 Å². The van der Waals surface area contributed by atoms with Crippen LogP contribution in [0.1, 0.15) is 10.5 Å². The fraction of sp³-hybridized carbons (Fsp3) is 0.300. The monoisotopic (exact) mass is 286 g/mol. The summed E-state index contributed by atoms with van der Waals surface area (Å²) in [6, 6.07) is 3.42. The molecule has 0 saturated carbocycles. The third kappa shape index (κ3) is 3.03. The van der Waals surface area contributed by atoms with Gasteiger partial charge in [0.2, 0.25) is 0 Å². The maximum absolute atomic E-state index is 11.8. The van der Waals surface area contributed by atoms with Crippen LogP contribution in [0.3, 0.4) is 0 Å². The lowest BCUT2D eigenvalue weighted by Gasteiger charge is -2.15. The molecule has 0 fully saturated rings. The first kappa shape index (κ1) is 12.6. The summed E-state index contributed by atoms with van der Waals surface area (Å²) in [4.78, 5) is 28.0. The number of ether oxygens (including phenoxy) is 1. The number of amides is 1. The lowest BCUT2D eigenvalue weighted by Crippen LogP contribution is -2.33. The highest BCUT2D eigenvalue weighted by Crippen LogP contribution is 2.14. The number of esters is 1. The second kappa shape index (κ2) is 5.60. The fourth-order valence-electron chi connectivity index (χ4n) is 1.05. The Labute approximate surface area is 102 Å². The molecule has 5 nitrogen and oxygen atoms in total. The van der Waals surface area contributed by atoms with Crippen molar-refractivity contribution in [1.29, 1.82) is 0 Å². The zero-order valence-electron chi connectivity index (χ0n) is 8.94. The second-order valence-electron chi connectivity index (χ2n) is 3.07. The predicted molar refractivity (Wildman–Crippen MR) is 60.9 cm³/mol. The van der Waals surface area contributed by atoms with Crippen molar-refractivity contribution in [2.24, 2.45) is 0 Å². The third-order valence-corrected chi connectivity index (χ3v) is 2.54. The van der Waals surface area contributed by atoms with Gasteiger partial charge in [0.25, 0.3) is 5.91 Å². The summed E-state index contributed by atoms with van der Waals surface area (Å²) < 4.78 is 5.07. The van der Waals surface area contributed by atoms with E-state index in [1.54, 1.807) is 12.1 Å². The number of hydrogen-bond donors (Lipinski definition) is 0. The van der Waals surface area contributed by atoms with Crippen LogP contribution in [0.4, 0.5) is 0 Å². The van der Waals surface area contributed by atoms with Gasteiger partial charge in [0.15, 0.2) is 0 Å². The maximum atomic E-state index is 11.8. The smallest absolute Gasteiger partial charge is 0.325 e. The number of hydrogen-bond acceptors (Lipinski definition) is 4. The summed E-state index contributed by atoms with van der Waals surface area (Å²) in [7, 11) is 2.79. The van der Waals surface area contributed by atoms with E-state index in [1.807, 2.05) is 0 Å². The molecule has 0 aliphatic carbocycles. The molecule has 1 aromatic rings. The molecule has 0 saturated heterocycles. The van der Waals surface area contributed by atoms with Gasteiger partial charge in [0.1, 0.15) is 12.2 Å². The molecule has 6 heteroatoms. The summed E-state index contributed by atoms with van der Waals surface area (Å²) in [5, 5.41) is 0. The first-order valence-corrected chi connectivity index (χ1v) is 5.28. The Balaban J connectivity index is 2.79. The number of methoxy groups -OCH3 is 1. The second-order valence-corrected chi connectivity index (χ2v) is 3.93. The van der Waals surface area contributed by atoms with E-state index in [9.17, 15) is 9.59 Å². The highest BCUT2D eigenvalue weighted by atomic mass is 79.9. The molecule has 0 N–H and O–H groups in total. The van der Waals surface area contributed by atoms with E-state index in [-0.39, 0.29) is 18.1 Å². The quantitative estimate of drug-likeness (QED) is 0.781. The SMILES string of the molecule is COC(=O)CN(C)C(=O)c1ncccc1Br. The first-order chi connectivity index (χ1) is 7.56. The maximum Gasteiger partial charge on any atom is 0.325 e. The van der Waals surface area contributed by atoms with E-state index in [0.29, 0.717) is 4.47 Å². The van der Waals surface area contributed by atoms with E-state index in [0.717, 1.165) is 0 Å². The summed E-state index contributed by atoms with van der Waals surface area (Å²) in [6.07, 6.45) is 1.52. The summed E-state index contributed by atoms with van der Waals surface area (Å²) >= 11 is 3.22. The van der Waals surface area contributed by atoms with Gasteiger partial charge in [-0.2, -0.15) is 0 Å². The van der Waals surface area contributed by atoms with Crippen molar-refractivity contribution >= 4 is 27.8 Å². The van der Waals surface area contributed by atoms with E-state index in [4.69, 9.17) is 0 Å². The molecule has 0 bridgehead atoms. The minimum Gasteiger partial charge on any atom is -0.468 e. The minimum absolute atomic E-state index is 0.0989. The summed E-state index contributed by atoms with van der Waals surface area (Å²) in [5.74, 6) is -0.805. The largest absolute Gasteiger partial charge is 0.468 e. The number of pyridine rings is 1. The molecule has 1 amide bonds. The van der Waals surface area contributed by atoms with Gasteiger partial charge in [0.05, 0.1) is 7.11 Å². The van der Waals surface area contributed by atoms with Crippen LogP contribution in [0.2, 0.25) is 0 Å². The number of likely N-dealkylation sites (N-methyl/N-ethyl adjacent to an activating group) is 1. The van der Waals surface area contributed by atoms with Crippen molar-refractivity contribution in [3.05, 3.63) is 28.5 Å². The van der Waals surface area contributed by atoms with Gasteiger partial charge in [-0.15, -0.1) is 0 Å². The predicted octanol–water partition coefficient (Wildman–Crippen LogP) is 1.09. The Kier molecular flexibility index (Phi) is 4.42. The van der Waals surface area contributed by atoms with Crippen molar-refractivity contribution in [2.75, 3.05) is 20.7 Å². The third-order valence-electron chi connectivity index (χ3n) is 1.90. The number of carbonyl (C=O) groups excluding carboxylic acids is 2. The van der Waals surface area contributed by atoms with Crippen molar-refractivity contribution < 1.29 is 14.3 Å². The zero-order valence-corrected chi connectivity index (χ0v) is 10.5. The summed E-state index contributed by atoms with van der Waals surface area (Å²) in [6.45, 7) is -0.0989. The molecule has 0 aliphatic rings. The van der Waals surface area contributed by atoms with Crippen LogP contribution in [0.25, 0.3) is 0 Å². The fourth-order valence-corrected chi connectivity index (χ4v) is 1.48. The van der Waals surface area contributed by atoms with Crippen LogP contribution in [0.15, 0.2) is 22.8 Å². The van der Waals surface area contributed by atoms with Crippen molar-refractivity contribution in [1.82, 2.24) is 9.88 Å². The molecule has 0 unspecified atom stereocenters. The molecule has 0 aliphatic heterocycles. The standard InChI is InChI=1S/C10H11BrN2O3/c1-13(6-8(14)16-2)10(15)9-7(11)4-3-5-12-9/h3-5H,6H2,1-2H3. The van der Waals surface area contributed by atoms with Gasteiger partial charge in [0, 0.05) is 17.7 Å². The van der Waals surface area contributed by atoms with Crippen molar-refractivity contribution in [3.8, 4) is 0 Å². The van der Waals surface area contributed by atoms with Gasteiger partial charge < -0.3 is 9.64 Å². The van der Waals surface area contributed by atoms with Gasteiger partial charge in [-0.3, -0.25) is 9.59 Å². The minimum atomic E-state index is -0.470. The molecule has 0 radical (unpaired) electrons. The highest BCUT2D eigenvalue weighted by molar-refractivity contribution is 9.10. The van der Waals surface area contributed by atoms with Crippen LogP contribution < -0.4 is 0 Å². The average Bonchev–Trinajstić information content (AvgIpc) is 2.28. The van der Waals surface area contributed by atoms with Crippen LogP contribution in [0.5, 0.6) is 0 Å². The van der Waals surface area contributed by atoms with Gasteiger partial charge in [-0.25, -0.2) is 4.98 Å².